The molecular formula is C28H25F2N5O3. The topological polar surface area (TPSA) is 89.4 Å². The molecule has 1 unspecified atom stereocenters. The molecule has 1 aliphatic heterocycles. The van der Waals surface area contributed by atoms with Crippen LogP contribution in [-0.2, 0) is 22.6 Å². The minimum atomic E-state index is -0.674. The molecule has 0 aliphatic carbocycles. The molecule has 0 spiro atoms. The Kier molecular flexibility index (Phi) is 7.39. The molecule has 2 amide bonds. The molecule has 1 N–H and O–H groups in total. The molecule has 1 saturated heterocycles. The Morgan fingerprint density at radius 2 is 1.55 bits per heavy atom. The van der Waals surface area contributed by atoms with Crippen LogP contribution in [0, 0.1) is 17.6 Å². The van der Waals surface area contributed by atoms with E-state index in [0.717, 1.165) is 5.56 Å². The van der Waals surface area contributed by atoms with E-state index in [4.69, 9.17) is 4.74 Å². The van der Waals surface area contributed by atoms with Crippen LogP contribution in [0.25, 0.3) is 0 Å². The number of carbonyl (C=O) groups excluding carboxylic acids is 2. The van der Waals surface area contributed by atoms with Gasteiger partial charge in [0.25, 0.3) is 0 Å². The SMILES string of the molecule is O=C(Nc1ccc(Oc2ccc(F)cc2)cc1)[C@@H]1CC(Cc2ccc(F)cc2)CN1C(=O)Cn1ccnn1. The zero-order chi connectivity index (χ0) is 26.5. The van der Waals surface area contributed by atoms with Gasteiger partial charge in [0, 0.05) is 18.4 Å². The van der Waals surface area contributed by atoms with Crippen molar-refractivity contribution in [2.24, 2.45) is 5.92 Å². The number of likely N-dealkylation sites (tertiary alicyclic amines) is 1. The molecule has 3 aromatic carbocycles. The lowest BCUT2D eigenvalue weighted by molar-refractivity contribution is -0.137. The Morgan fingerprint density at radius 3 is 2.18 bits per heavy atom. The first-order chi connectivity index (χ1) is 18.4. The second-order valence-electron chi connectivity index (χ2n) is 9.16. The molecule has 0 bridgehead atoms. The average molecular weight is 518 g/mol. The molecule has 1 aromatic heterocycles. The molecule has 38 heavy (non-hydrogen) atoms. The number of halogens is 2. The lowest BCUT2D eigenvalue weighted by Crippen LogP contribution is -2.44. The summed E-state index contributed by atoms with van der Waals surface area (Å²) in [5, 5.41) is 10.5. The highest BCUT2D eigenvalue weighted by molar-refractivity contribution is 5.97. The summed E-state index contributed by atoms with van der Waals surface area (Å²) in [6, 6.07) is 18.0. The van der Waals surface area contributed by atoms with Crippen LogP contribution in [0.15, 0.2) is 85.2 Å². The van der Waals surface area contributed by atoms with Crippen LogP contribution >= 0.6 is 0 Å². The van der Waals surface area contributed by atoms with E-state index in [0.29, 0.717) is 36.6 Å². The Bertz CT molecular complexity index is 1380. The van der Waals surface area contributed by atoms with Crippen LogP contribution in [0.5, 0.6) is 11.5 Å². The smallest absolute Gasteiger partial charge is 0.247 e. The normalized spacial score (nSPS) is 16.8. The molecule has 194 valence electrons. The monoisotopic (exact) mass is 517 g/mol. The third kappa shape index (κ3) is 6.20. The van der Waals surface area contributed by atoms with E-state index < -0.39 is 6.04 Å². The molecule has 0 radical (unpaired) electrons. The van der Waals surface area contributed by atoms with Crippen LogP contribution in [0.4, 0.5) is 14.5 Å². The van der Waals surface area contributed by atoms with E-state index in [2.05, 4.69) is 15.6 Å². The molecule has 5 rings (SSSR count). The highest BCUT2D eigenvalue weighted by atomic mass is 19.1. The van der Waals surface area contributed by atoms with Crippen molar-refractivity contribution in [1.29, 1.82) is 0 Å². The number of amides is 2. The highest BCUT2D eigenvalue weighted by Crippen LogP contribution is 2.29. The van der Waals surface area contributed by atoms with Crippen molar-refractivity contribution in [3.8, 4) is 11.5 Å². The quantitative estimate of drug-likeness (QED) is 0.373. The van der Waals surface area contributed by atoms with Crippen LogP contribution < -0.4 is 10.1 Å². The van der Waals surface area contributed by atoms with Crippen LogP contribution in [-0.4, -0.2) is 44.3 Å². The number of benzene rings is 3. The van der Waals surface area contributed by atoms with Gasteiger partial charge in [0.15, 0.2) is 0 Å². The van der Waals surface area contributed by atoms with Crippen LogP contribution in [0.3, 0.4) is 0 Å². The van der Waals surface area contributed by atoms with Gasteiger partial charge in [0.1, 0.15) is 35.7 Å². The Balaban J connectivity index is 1.26. The molecule has 1 fully saturated rings. The lowest BCUT2D eigenvalue weighted by atomic mass is 9.96. The second kappa shape index (κ2) is 11.2. The van der Waals surface area contributed by atoms with Crippen molar-refractivity contribution in [3.63, 3.8) is 0 Å². The first-order valence-corrected chi connectivity index (χ1v) is 12.2. The van der Waals surface area contributed by atoms with E-state index in [-0.39, 0.29) is 35.9 Å². The summed E-state index contributed by atoms with van der Waals surface area (Å²) in [6.45, 7) is 0.371. The number of ether oxygens (including phenoxy) is 1. The average Bonchev–Trinajstić information content (AvgIpc) is 3.58. The number of nitrogens with zero attached hydrogens (tertiary/aromatic N) is 4. The maximum atomic E-state index is 13.3. The highest BCUT2D eigenvalue weighted by Gasteiger charge is 2.39. The number of nitrogens with one attached hydrogen (secondary N) is 1. The summed E-state index contributed by atoms with van der Waals surface area (Å²) in [7, 11) is 0. The molecule has 1 aliphatic rings. The van der Waals surface area contributed by atoms with Gasteiger partial charge in [-0.3, -0.25) is 9.59 Å². The standard InChI is InChI=1S/C28H25F2N5O3/c29-21-3-1-19(2-4-21)15-20-16-26(35(17-20)27(36)18-34-14-13-31-33-34)28(37)32-23-7-11-25(12-8-23)38-24-9-5-22(30)6-10-24/h1-14,20,26H,15-18H2,(H,32,37)/t20?,26-/m0/s1. The predicted molar refractivity (Wildman–Crippen MR) is 135 cm³/mol. The van der Waals surface area contributed by atoms with Crippen molar-refractivity contribution in [2.75, 3.05) is 11.9 Å². The largest absolute Gasteiger partial charge is 0.457 e. The van der Waals surface area contributed by atoms with Crippen molar-refractivity contribution in [2.45, 2.75) is 25.4 Å². The van der Waals surface area contributed by atoms with Gasteiger partial charge in [0.05, 0.1) is 6.20 Å². The lowest BCUT2D eigenvalue weighted by Gasteiger charge is -2.24. The zero-order valence-electron chi connectivity index (χ0n) is 20.3. The van der Waals surface area contributed by atoms with Gasteiger partial charge in [-0.05, 0) is 85.0 Å². The van der Waals surface area contributed by atoms with Crippen LogP contribution in [0.2, 0.25) is 0 Å². The predicted octanol–water partition coefficient (Wildman–Crippen LogP) is 4.45. The molecule has 10 heteroatoms. The number of carbonyl (C=O) groups is 2. The maximum Gasteiger partial charge on any atom is 0.247 e. The molecule has 8 nitrogen and oxygen atoms in total. The van der Waals surface area contributed by atoms with E-state index in [1.165, 1.54) is 47.3 Å². The second-order valence-corrected chi connectivity index (χ2v) is 9.16. The van der Waals surface area contributed by atoms with Gasteiger partial charge in [-0.25, -0.2) is 13.5 Å². The van der Waals surface area contributed by atoms with Gasteiger partial charge in [0.2, 0.25) is 11.8 Å². The Morgan fingerprint density at radius 1 is 0.921 bits per heavy atom. The maximum absolute atomic E-state index is 13.3. The molecule has 2 heterocycles. The number of hydrogen-bond donors (Lipinski definition) is 1. The summed E-state index contributed by atoms with van der Waals surface area (Å²) in [5.74, 6) is -0.150. The minimum Gasteiger partial charge on any atom is -0.457 e. The molecule has 0 saturated carbocycles. The van der Waals surface area contributed by atoms with Gasteiger partial charge in [-0.1, -0.05) is 17.3 Å². The van der Waals surface area contributed by atoms with Gasteiger partial charge < -0.3 is 15.0 Å². The summed E-state index contributed by atoms with van der Waals surface area (Å²) >= 11 is 0. The van der Waals surface area contributed by atoms with Crippen LogP contribution in [0.1, 0.15) is 12.0 Å². The number of hydrogen-bond acceptors (Lipinski definition) is 5. The van der Waals surface area contributed by atoms with Crippen molar-refractivity contribution in [3.05, 3.63) is 102 Å². The third-order valence-electron chi connectivity index (χ3n) is 6.39. The van der Waals surface area contributed by atoms with E-state index >= 15 is 0 Å². The van der Waals surface area contributed by atoms with E-state index in [9.17, 15) is 18.4 Å². The molecular weight excluding hydrogens is 492 g/mol. The number of rotatable bonds is 8. The van der Waals surface area contributed by atoms with E-state index in [1.54, 1.807) is 47.5 Å². The van der Waals surface area contributed by atoms with Gasteiger partial charge in [-0.2, -0.15) is 0 Å². The Hall–Kier alpha value is -4.60. The zero-order valence-corrected chi connectivity index (χ0v) is 20.3. The number of aromatic nitrogens is 3. The van der Waals surface area contributed by atoms with Crippen molar-refractivity contribution in [1.82, 2.24) is 19.9 Å². The van der Waals surface area contributed by atoms with Crippen molar-refractivity contribution >= 4 is 17.5 Å². The number of anilines is 1. The first kappa shape index (κ1) is 25.1. The summed E-state index contributed by atoms with van der Waals surface area (Å²) in [6.07, 6.45) is 4.17. The van der Waals surface area contributed by atoms with Gasteiger partial charge in [-0.15, -0.1) is 5.10 Å². The summed E-state index contributed by atoms with van der Waals surface area (Å²) in [4.78, 5) is 28.0. The fourth-order valence-corrected chi connectivity index (χ4v) is 4.57. The summed E-state index contributed by atoms with van der Waals surface area (Å²) < 4.78 is 33.6. The fraction of sp³-hybridized carbons (Fsp3) is 0.214. The Labute approximate surface area is 217 Å². The van der Waals surface area contributed by atoms with E-state index in [1.807, 2.05) is 0 Å². The first-order valence-electron chi connectivity index (χ1n) is 12.2. The third-order valence-corrected chi connectivity index (χ3v) is 6.39. The molecule has 4 aromatic rings. The minimum absolute atomic E-state index is 0.0253. The molecule has 2 atom stereocenters. The van der Waals surface area contributed by atoms with Crippen molar-refractivity contribution < 1.29 is 23.1 Å². The van der Waals surface area contributed by atoms with Gasteiger partial charge >= 0.3 is 0 Å². The fourth-order valence-electron chi connectivity index (χ4n) is 4.57. The summed E-state index contributed by atoms with van der Waals surface area (Å²) in [5.41, 5.74) is 1.49.